The molecule has 2 atom stereocenters. The van der Waals surface area contributed by atoms with Crippen LogP contribution < -0.4 is 5.32 Å². The first-order chi connectivity index (χ1) is 3.88. The Morgan fingerprint density at radius 1 is 1.88 bits per heavy atom. The Morgan fingerprint density at radius 2 is 2.62 bits per heavy atom. The van der Waals surface area contributed by atoms with E-state index in [-0.39, 0.29) is 12.0 Å². The first kappa shape index (κ1) is 5.10. The Morgan fingerprint density at radius 3 is 3.00 bits per heavy atom. The Hall–Kier alpha value is -1.04. The Kier molecular flexibility index (Phi) is 1.17. The monoisotopic (exact) mass is 110 g/mol. The van der Waals surface area contributed by atoms with Crippen molar-refractivity contribution in [2.24, 2.45) is 5.92 Å². The van der Waals surface area contributed by atoms with Crippen LogP contribution in [0.5, 0.6) is 0 Å². The van der Waals surface area contributed by atoms with Gasteiger partial charge in [0.15, 0.2) is 0 Å². The average Bonchev–Trinajstić information content (AvgIpc) is 2.48. The predicted molar refractivity (Wildman–Crippen MR) is 26.7 cm³/mol. The van der Waals surface area contributed by atoms with Crippen LogP contribution in [0.15, 0.2) is 0 Å². The van der Waals surface area contributed by atoms with Crippen molar-refractivity contribution in [1.82, 2.24) is 5.32 Å². The van der Waals surface area contributed by atoms with E-state index in [1.165, 1.54) is 0 Å². The number of hydrogen-bond acceptors (Lipinski definition) is 2. The van der Waals surface area contributed by atoms with Crippen molar-refractivity contribution < 1.29 is 4.79 Å². The van der Waals surface area contributed by atoms with Crippen molar-refractivity contribution in [3.05, 3.63) is 0 Å². The summed E-state index contributed by atoms with van der Waals surface area (Å²) in [6, 6.07) is 2.20. The van der Waals surface area contributed by atoms with Crippen LogP contribution in [0, 0.1) is 17.2 Å². The van der Waals surface area contributed by atoms with Crippen LogP contribution in [0.3, 0.4) is 0 Å². The molecular weight excluding hydrogens is 104 g/mol. The lowest BCUT2D eigenvalue weighted by Crippen LogP contribution is -2.14. The molecule has 42 valence electrons. The van der Waals surface area contributed by atoms with Crippen molar-refractivity contribution in [3.63, 3.8) is 0 Å². The Labute approximate surface area is 47.3 Å². The molecule has 0 radical (unpaired) electrons. The number of amides is 1. The van der Waals surface area contributed by atoms with Gasteiger partial charge >= 0.3 is 0 Å². The van der Waals surface area contributed by atoms with Crippen molar-refractivity contribution in [1.29, 1.82) is 5.26 Å². The molecule has 1 fully saturated rings. The van der Waals surface area contributed by atoms with Gasteiger partial charge in [0.25, 0.3) is 0 Å². The van der Waals surface area contributed by atoms with Crippen molar-refractivity contribution in [2.45, 2.75) is 12.5 Å². The third kappa shape index (κ3) is 0.784. The van der Waals surface area contributed by atoms with Gasteiger partial charge in [0.05, 0.1) is 12.0 Å². The van der Waals surface area contributed by atoms with Crippen LogP contribution in [0.4, 0.5) is 0 Å². The van der Waals surface area contributed by atoms with Gasteiger partial charge in [0.1, 0.15) is 0 Å². The van der Waals surface area contributed by atoms with Gasteiger partial charge in [-0.15, -0.1) is 0 Å². The lowest BCUT2D eigenvalue weighted by atomic mass is 10.5. The van der Waals surface area contributed by atoms with Gasteiger partial charge in [0, 0.05) is 6.04 Å². The molecule has 3 nitrogen and oxygen atoms in total. The van der Waals surface area contributed by atoms with Crippen LogP contribution in [0.1, 0.15) is 6.42 Å². The van der Waals surface area contributed by atoms with E-state index in [1.54, 1.807) is 0 Å². The van der Waals surface area contributed by atoms with Gasteiger partial charge in [-0.1, -0.05) is 0 Å². The van der Waals surface area contributed by atoms with Gasteiger partial charge in [0.2, 0.25) is 6.41 Å². The van der Waals surface area contributed by atoms with Gasteiger partial charge in [-0.25, -0.2) is 0 Å². The summed E-state index contributed by atoms with van der Waals surface area (Å²) in [5.41, 5.74) is 0. The summed E-state index contributed by atoms with van der Waals surface area (Å²) in [4.78, 5) is 9.70. The molecule has 0 aromatic carbocycles. The number of nitrogens with zero attached hydrogens (tertiary/aromatic N) is 1. The average molecular weight is 110 g/mol. The van der Waals surface area contributed by atoms with Crippen LogP contribution in [-0.4, -0.2) is 12.5 Å². The van der Waals surface area contributed by atoms with Crippen LogP contribution in [-0.2, 0) is 4.79 Å². The fourth-order valence-corrected chi connectivity index (χ4v) is 0.609. The highest BCUT2D eigenvalue weighted by atomic mass is 16.1. The van der Waals surface area contributed by atoms with Crippen LogP contribution >= 0.6 is 0 Å². The van der Waals surface area contributed by atoms with E-state index in [9.17, 15) is 4.79 Å². The molecule has 0 bridgehead atoms. The van der Waals surface area contributed by atoms with Crippen LogP contribution in [0.2, 0.25) is 0 Å². The second-order valence-electron chi connectivity index (χ2n) is 1.86. The fraction of sp³-hybridized carbons (Fsp3) is 0.600. The molecule has 1 N–H and O–H groups in total. The summed E-state index contributed by atoms with van der Waals surface area (Å²) in [6.07, 6.45) is 1.47. The highest BCUT2D eigenvalue weighted by molar-refractivity contribution is 5.48. The predicted octanol–water partition coefficient (Wildman–Crippen LogP) is -0.356. The molecule has 8 heavy (non-hydrogen) atoms. The number of rotatable bonds is 2. The lowest BCUT2D eigenvalue weighted by Gasteiger charge is -1.85. The third-order valence-corrected chi connectivity index (χ3v) is 1.24. The first-order valence-electron chi connectivity index (χ1n) is 2.48. The molecule has 0 aliphatic heterocycles. The van der Waals surface area contributed by atoms with Gasteiger partial charge in [-0.2, -0.15) is 5.26 Å². The molecule has 2 unspecified atom stereocenters. The van der Waals surface area contributed by atoms with E-state index in [1.807, 2.05) is 0 Å². The number of nitriles is 1. The number of carbonyl (C=O) groups excluding carboxylic acids is 1. The molecule has 0 aromatic heterocycles. The second kappa shape index (κ2) is 1.83. The van der Waals surface area contributed by atoms with E-state index in [0.29, 0.717) is 6.41 Å². The standard InChI is InChI=1S/C5H6N2O/c6-2-4-1-5(4)7-3-8/h3-5H,1H2,(H,7,8). The smallest absolute Gasteiger partial charge is 0.207 e. The minimum atomic E-state index is 0.0835. The highest BCUT2D eigenvalue weighted by Crippen LogP contribution is 2.28. The van der Waals surface area contributed by atoms with Crippen molar-refractivity contribution >= 4 is 6.41 Å². The summed E-state index contributed by atoms with van der Waals surface area (Å²) in [7, 11) is 0. The molecule has 1 aliphatic rings. The van der Waals surface area contributed by atoms with E-state index in [4.69, 9.17) is 5.26 Å². The largest absolute Gasteiger partial charge is 0.355 e. The van der Waals surface area contributed by atoms with E-state index >= 15 is 0 Å². The Balaban J connectivity index is 2.19. The normalized spacial score (nSPS) is 32.9. The lowest BCUT2D eigenvalue weighted by molar-refractivity contribution is -0.109. The quantitative estimate of drug-likeness (QED) is 0.494. The summed E-state index contributed by atoms with van der Waals surface area (Å²) in [5.74, 6) is 0.0835. The topological polar surface area (TPSA) is 52.9 Å². The summed E-state index contributed by atoms with van der Waals surface area (Å²) in [6.45, 7) is 0. The SMILES string of the molecule is N#CC1CC1NC=O. The molecule has 1 aliphatic carbocycles. The third-order valence-electron chi connectivity index (χ3n) is 1.24. The second-order valence-corrected chi connectivity index (χ2v) is 1.86. The van der Waals surface area contributed by atoms with E-state index in [2.05, 4.69) is 11.4 Å². The molecule has 3 heteroatoms. The maximum Gasteiger partial charge on any atom is 0.207 e. The molecule has 1 rings (SSSR count). The zero-order valence-electron chi connectivity index (χ0n) is 4.29. The van der Waals surface area contributed by atoms with E-state index in [0.717, 1.165) is 6.42 Å². The molecule has 1 amide bonds. The summed E-state index contributed by atoms with van der Waals surface area (Å²) < 4.78 is 0. The van der Waals surface area contributed by atoms with Gasteiger partial charge in [-0.3, -0.25) is 4.79 Å². The molecule has 0 aromatic rings. The van der Waals surface area contributed by atoms with Crippen LogP contribution in [0.25, 0.3) is 0 Å². The van der Waals surface area contributed by atoms with Crippen molar-refractivity contribution in [3.8, 4) is 6.07 Å². The van der Waals surface area contributed by atoms with E-state index < -0.39 is 0 Å². The zero-order valence-corrected chi connectivity index (χ0v) is 4.29. The summed E-state index contributed by atoms with van der Waals surface area (Å²) >= 11 is 0. The van der Waals surface area contributed by atoms with Gasteiger partial charge in [-0.05, 0) is 6.42 Å². The number of hydrogen-bond donors (Lipinski definition) is 1. The molecule has 0 saturated heterocycles. The molecule has 0 spiro atoms. The fourth-order valence-electron chi connectivity index (χ4n) is 0.609. The maximum absolute atomic E-state index is 9.70. The van der Waals surface area contributed by atoms with Crippen molar-refractivity contribution in [2.75, 3.05) is 0 Å². The Bertz CT molecular complexity index is 138. The minimum Gasteiger partial charge on any atom is -0.355 e. The molecule has 1 saturated carbocycles. The summed E-state index contributed by atoms with van der Waals surface area (Å²) in [5, 5.41) is 10.7. The highest BCUT2D eigenvalue weighted by Gasteiger charge is 2.36. The minimum absolute atomic E-state index is 0.0835. The number of carbonyl (C=O) groups is 1. The zero-order chi connectivity index (χ0) is 5.98. The van der Waals surface area contributed by atoms with Gasteiger partial charge < -0.3 is 5.32 Å². The number of nitrogens with one attached hydrogen (secondary N) is 1. The first-order valence-corrected chi connectivity index (χ1v) is 2.48. The molecular formula is C5H6N2O. The molecule has 0 heterocycles. The maximum atomic E-state index is 9.70.